The Bertz CT molecular complexity index is 1620. The largest absolute Gasteiger partial charge is 0.476 e. The molecule has 0 unspecified atom stereocenters. The topological polar surface area (TPSA) is 73.2 Å². The molecule has 1 N–H and O–H groups in total. The Labute approximate surface area is 214 Å². The second kappa shape index (κ2) is 9.06. The number of hydrogen-bond donors (Lipinski definition) is 1. The van der Waals surface area contributed by atoms with E-state index in [1.165, 1.54) is 16.1 Å². The Hall–Kier alpha value is -4.71. The highest BCUT2D eigenvalue weighted by molar-refractivity contribution is 6.53. The van der Waals surface area contributed by atoms with Crippen LogP contribution in [-0.2, 0) is 16.0 Å². The number of carboxylic acid groups (broad SMARTS) is 1. The summed E-state index contributed by atoms with van der Waals surface area (Å²) >= 11 is 0. The summed E-state index contributed by atoms with van der Waals surface area (Å²) in [5, 5.41) is 17.2. The number of aliphatic carboxylic acids is 1. The standard InChI is InChI=1S/C31H25N3O3/c1-20-8-12-25(13-9-20)33-16-4-7-24-17-21(10-15-28(24)33)18-27-29(31(36)37)32-34(30(27)35)26-14-11-22-5-2-3-6-23(22)19-26/h2-3,5-6,8-15,17-19H,4,7,16H2,1H3,(H,36,37)/b27-18-. The summed E-state index contributed by atoms with van der Waals surface area (Å²) < 4.78 is 0. The van der Waals surface area contributed by atoms with E-state index in [1.807, 2.05) is 48.5 Å². The lowest BCUT2D eigenvalue weighted by atomic mass is 9.97. The fraction of sp³-hybridized carbons (Fsp3) is 0.129. The molecule has 6 rings (SSSR count). The van der Waals surface area contributed by atoms with Gasteiger partial charge in [0.1, 0.15) is 0 Å². The monoisotopic (exact) mass is 487 g/mol. The predicted molar refractivity (Wildman–Crippen MR) is 147 cm³/mol. The van der Waals surface area contributed by atoms with Crippen molar-refractivity contribution in [2.45, 2.75) is 19.8 Å². The molecule has 2 aliphatic heterocycles. The molecule has 0 fully saturated rings. The molecule has 6 heteroatoms. The summed E-state index contributed by atoms with van der Waals surface area (Å²) in [5.74, 6) is -1.68. The summed E-state index contributed by atoms with van der Waals surface area (Å²) in [5.41, 5.74) is 5.82. The number of aryl methyl sites for hydroxylation is 2. The normalized spacial score (nSPS) is 16.3. The quantitative estimate of drug-likeness (QED) is 0.353. The number of carbonyl (C=O) groups is 2. The molecule has 0 spiro atoms. The number of carbonyl (C=O) groups excluding carboxylic acids is 1. The maximum Gasteiger partial charge on any atom is 0.357 e. The first-order valence-corrected chi connectivity index (χ1v) is 12.3. The van der Waals surface area contributed by atoms with Crippen LogP contribution in [0.3, 0.4) is 0 Å². The molecule has 0 saturated carbocycles. The zero-order valence-electron chi connectivity index (χ0n) is 20.4. The van der Waals surface area contributed by atoms with Gasteiger partial charge in [-0.25, -0.2) is 4.79 Å². The Morgan fingerprint density at radius 2 is 1.68 bits per heavy atom. The van der Waals surface area contributed by atoms with Gasteiger partial charge in [0.15, 0.2) is 5.71 Å². The molecule has 1 amide bonds. The molecule has 0 bridgehead atoms. The third-order valence-electron chi connectivity index (χ3n) is 6.94. The molecule has 182 valence electrons. The van der Waals surface area contributed by atoms with Gasteiger partial charge in [-0.1, -0.05) is 54.1 Å². The second-order valence-electron chi connectivity index (χ2n) is 9.44. The zero-order valence-corrected chi connectivity index (χ0v) is 20.4. The fourth-order valence-electron chi connectivity index (χ4n) is 5.05. The molecule has 6 nitrogen and oxygen atoms in total. The van der Waals surface area contributed by atoms with Gasteiger partial charge in [-0.2, -0.15) is 10.1 Å². The van der Waals surface area contributed by atoms with Crippen molar-refractivity contribution < 1.29 is 14.7 Å². The van der Waals surface area contributed by atoms with E-state index in [4.69, 9.17) is 0 Å². The molecule has 2 heterocycles. The van der Waals surface area contributed by atoms with E-state index in [2.05, 4.69) is 47.3 Å². The molecule has 0 radical (unpaired) electrons. The summed E-state index contributed by atoms with van der Waals surface area (Å²) in [7, 11) is 0. The van der Waals surface area contributed by atoms with Crippen LogP contribution < -0.4 is 9.91 Å². The number of carboxylic acids is 1. The van der Waals surface area contributed by atoms with Gasteiger partial charge < -0.3 is 10.0 Å². The Balaban J connectivity index is 1.34. The van der Waals surface area contributed by atoms with E-state index < -0.39 is 11.9 Å². The van der Waals surface area contributed by atoms with Crippen molar-refractivity contribution in [3.63, 3.8) is 0 Å². The smallest absolute Gasteiger partial charge is 0.357 e. The molecular formula is C31H25N3O3. The SMILES string of the molecule is Cc1ccc(N2CCCc3cc(/C=C4\C(=O)N(c5ccc6ccccc6c5)N=C4C(=O)O)ccc32)cc1. The highest BCUT2D eigenvalue weighted by atomic mass is 16.4. The molecule has 4 aromatic rings. The predicted octanol–water partition coefficient (Wildman–Crippen LogP) is 6.10. The fourth-order valence-corrected chi connectivity index (χ4v) is 5.05. The first-order chi connectivity index (χ1) is 18.0. The van der Waals surface area contributed by atoms with Crippen molar-refractivity contribution in [1.29, 1.82) is 0 Å². The zero-order chi connectivity index (χ0) is 25.5. The average molecular weight is 488 g/mol. The van der Waals surface area contributed by atoms with Crippen LogP contribution in [0.15, 0.2) is 95.6 Å². The van der Waals surface area contributed by atoms with E-state index in [0.29, 0.717) is 5.69 Å². The van der Waals surface area contributed by atoms with Gasteiger partial charge in [0, 0.05) is 17.9 Å². The summed E-state index contributed by atoms with van der Waals surface area (Å²) in [4.78, 5) is 27.7. The molecule has 37 heavy (non-hydrogen) atoms. The van der Waals surface area contributed by atoms with Crippen molar-refractivity contribution in [2.24, 2.45) is 5.10 Å². The van der Waals surface area contributed by atoms with Gasteiger partial charge in [-0.3, -0.25) is 4.79 Å². The number of fused-ring (bicyclic) bond motifs is 2. The lowest BCUT2D eigenvalue weighted by molar-refractivity contribution is -0.129. The van der Waals surface area contributed by atoms with Gasteiger partial charge in [0.25, 0.3) is 5.91 Å². The Morgan fingerprint density at radius 1 is 0.919 bits per heavy atom. The minimum atomic E-state index is -1.23. The van der Waals surface area contributed by atoms with Crippen LogP contribution in [0, 0.1) is 6.92 Å². The van der Waals surface area contributed by atoms with Crippen LogP contribution in [0.25, 0.3) is 16.8 Å². The van der Waals surface area contributed by atoms with Gasteiger partial charge in [-0.05, 0) is 84.1 Å². The van der Waals surface area contributed by atoms with E-state index in [1.54, 1.807) is 12.1 Å². The maximum absolute atomic E-state index is 13.4. The maximum atomic E-state index is 13.4. The molecule has 0 aromatic heterocycles. The Morgan fingerprint density at radius 3 is 2.46 bits per heavy atom. The highest BCUT2D eigenvalue weighted by Gasteiger charge is 2.35. The third-order valence-corrected chi connectivity index (χ3v) is 6.94. The summed E-state index contributed by atoms with van der Waals surface area (Å²) in [6.07, 6.45) is 3.57. The van der Waals surface area contributed by atoms with Crippen LogP contribution in [0.5, 0.6) is 0 Å². The average Bonchev–Trinajstić information content (AvgIpc) is 3.24. The number of nitrogens with zero attached hydrogens (tertiary/aromatic N) is 3. The van der Waals surface area contributed by atoms with E-state index >= 15 is 0 Å². The molecule has 0 aliphatic carbocycles. The van der Waals surface area contributed by atoms with Crippen molar-refractivity contribution >= 4 is 51.5 Å². The lowest BCUT2D eigenvalue weighted by Crippen LogP contribution is -2.24. The van der Waals surface area contributed by atoms with Crippen LogP contribution >= 0.6 is 0 Å². The van der Waals surface area contributed by atoms with Crippen LogP contribution in [0.4, 0.5) is 17.1 Å². The number of hydrazone groups is 1. The number of amides is 1. The van der Waals surface area contributed by atoms with E-state index in [0.717, 1.165) is 47.1 Å². The van der Waals surface area contributed by atoms with Crippen molar-refractivity contribution in [3.05, 3.63) is 107 Å². The van der Waals surface area contributed by atoms with Crippen LogP contribution in [0.2, 0.25) is 0 Å². The van der Waals surface area contributed by atoms with Gasteiger partial charge in [-0.15, -0.1) is 0 Å². The van der Waals surface area contributed by atoms with Gasteiger partial charge in [0.2, 0.25) is 0 Å². The third kappa shape index (κ3) is 4.16. The summed E-state index contributed by atoms with van der Waals surface area (Å²) in [6.45, 7) is 3.01. The lowest BCUT2D eigenvalue weighted by Gasteiger charge is -2.31. The molecule has 4 aromatic carbocycles. The minimum absolute atomic E-state index is 0.0757. The number of benzene rings is 4. The first-order valence-electron chi connectivity index (χ1n) is 12.3. The van der Waals surface area contributed by atoms with Crippen molar-refractivity contribution in [3.8, 4) is 0 Å². The number of hydrogen-bond acceptors (Lipinski definition) is 4. The molecule has 0 atom stereocenters. The molecular weight excluding hydrogens is 462 g/mol. The van der Waals surface area contributed by atoms with E-state index in [-0.39, 0.29) is 11.3 Å². The number of anilines is 3. The Kier molecular flexibility index (Phi) is 5.57. The van der Waals surface area contributed by atoms with Crippen LogP contribution in [0.1, 0.15) is 23.1 Å². The molecule has 2 aliphatic rings. The number of rotatable bonds is 4. The second-order valence-corrected chi connectivity index (χ2v) is 9.44. The van der Waals surface area contributed by atoms with Crippen molar-refractivity contribution in [1.82, 2.24) is 0 Å². The van der Waals surface area contributed by atoms with Crippen molar-refractivity contribution in [2.75, 3.05) is 16.5 Å². The molecule has 0 saturated heterocycles. The highest BCUT2D eigenvalue weighted by Crippen LogP contribution is 2.35. The van der Waals surface area contributed by atoms with Gasteiger partial charge in [0.05, 0.1) is 11.3 Å². The summed E-state index contributed by atoms with van der Waals surface area (Å²) in [6, 6.07) is 27.9. The van der Waals surface area contributed by atoms with Crippen LogP contribution in [-0.4, -0.2) is 29.2 Å². The first kappa shape index (κ1) is 22.7. The van der Waals surface area contributed by atoms with Gasteiger partial charge >= 0.3 is 5.97 Å². The van der Waals surface area contributed by atoms with E-state index in [9.17, 15) is 14.7 Å². The minimum Gasteiger partial charge on any atom is -0.476 e.